The van der Waals surface area contributed by atoms with Gasteiger partial charge in [0.05, 0.1) is 11.0 Å². The summed E-state index contributed by atoms with van der Waals surface area (Å²) in [6, 6.07) is 5.63. The Kier molecular flexibility index (Phi) is 3.37. The summed E-state index contributed by atoms with van der Waals surface area (Å²) in [5.41, 5.74) is 2.19. The predicted octanol–water partition coefficient (Wildman–Crippen LogP) is 1.11. The zero-order chi connectivity index (χ0) is 13.1. The molecule has 0 aliphatic carbocycles. The molecule has 1 saturated heterocycles. The molecule has 1 aromatic carbocycles. The van der Waals surface area contributed by atoms with Gasteiger partial charge in [-0.15, -0.1) is 0 Å². The number of piperidine rings is 1. The molecule has 1 aliphatic heterocycles. The van der Waals surface area contributed by atoms with Gasteiger partial charge >= 0.3 is 0 Å². The van der Waals surface area contributed by atoms with Gasteiger partial charge < -0.3 is 10.6 Å². The lowest BCUT2D eigenvalue weighted by Crippen LogP contribution is -2.45. The first-order chi connectivity index (χ1) is 9.33. The lowest BCUT2D eigenvalue weighted by atomic mass is 10.1. The maximum Gasteiger partial charge on any atom is 0.251 e. The highest BCUT2D eigenvalue weighted by molar-refractivity contribution is 5.97. The molecule has 5 heteroatoms. The maximum absolute atomic E-state index is 12.2. The molecule has 0 unspecified atom stereocenters. The molecule has 3 rings (SSSR count). The second-order valence-corrected chi connectivity index (χ2v) is 4.78. The molecule has 0 radical (unpaired) electrons. The molecule has 5 nitrogen and oxygen atoms in total. The first kappa shape index (κ1) is 12.0. The third kappa shape index (κ3) is 2.71. The molecule has 0 saturated carbocycles. The predicted molar refractivity (Wildman–Crippen MR) is 72.9 cm³/mol. The molecule has 1 fully saturated rings. The Morgan fingerprint density at radius 2 is 2.11 bits per heavy atom. The third-order valence-corrected chi connectivity index (χ3v) is 3.36. The number of rotatable bonds is 2. The highest BCUT2D eigenvalue weighted by Crippen LogP contribution is 2.11. The van der Waals surface area contributed by atoms with Gasteiger partial charge in [-0.05, 0) is 37.6 Å². The van der Waals surface area contributed by atoms with Gasteiger partial charge in [0.1, 0.15) is 0 Å². The fourth-order valence-corrected chi connectivity index (χ4v) is 2.35. The molecular weight excluding hydrogens is 240 g/mol. The van der Waals surface area contributed by atoms with E-state index in [0.717, 1.165) is 37.0 Å². The minimum absolute atomic E-state index is 0.0405. The second-order valence-electron chi connectivity index (χ2n) is 4.78. The molecule has 0 bridgehead atoms. The van der Waals surface area contributed by atoms with E-state index in [-0.39, 0.29) is 11.9 Å². The summed E-state index contributed by atoms with van der Waals surface area (Å²) in [5.74, 6) is -0.0405. The number of benzene rings is 1. The Hall–Kier alpha value is -2.01. The van der Waals surface area contributed by atoms with E-state index in [2.05, 4.69) is 20.6 Å². The van der Waals surface area contributed by atoms with Gasteiger partial charge in [-0.3, -0.25) is 14.8 Å². The Bertz CT molecular complexity index is 593. The minimum Gasteiger partial charge on any atom is -0.348 e. The summed E-state index contributed by atoms with van der Waals surface area (Å²) in [6.07, 6.45) is 5.42. The van der Waals surface area contributed by atoms with Crippen molar-refractivity contribution in [2.75, 3.05) is 13.1 Å². The summed E-state index contributed by atoms with van der Waals surface area (Å²) in [5, 5.41) is 6.33. The lowest BCUT2D eigenvalue weighted by molar-refractivity contribution is 0.0931. The average Bonchev–Trinajstić information content (AvgIpc) is 2.48. The fraction of sp³-hybridized carbons (Fsp3) is 0.357. The molecule has 1 atom stereocenters. The molecule has 0 spiro atoms. The Balaban J connectivity index is 1.77. The van der Waals surface area contributed by atoms with E-state index >= 15 is 0 Å². The summed E-state index contributed by atoms with van der Waals surface area (Å²) in [7, 11) is 0. The normalized spacial score (nSPS) is 19.3. The maximum atomic E-state index is 12.2. The molecule has 98 valence electrons. The van der Waals surface area contributed by atoms with Gasteiger partial charge in [-0.25, -0.2) is 0 Å². The first-order valence-electron chi connectivity index (χ1n) is 6.55. The van der Waals surface area contributed by atoms with Crippen LogP contribution in [0.25, 0.3) is 11.0 Å². The Morgan fingerprint density at radius 1 is 1.26 bits per heavy atom. The molecule has 1 aliphatic rings. The summed E-state index contributed by atoms with van der Waals surface area (Å²) in [6.45, 7) is 1.89. The number of hydrogen-bond acceptors (Lipinski definition) is 4. The van der Waals surface area contributed by atoms with Crippen molar-refractivity contribution in [2.45, 2.75) is 18.9 Å². The van der Waals surface area contributed by atoms with Crippen molar-refractivity contribution in [1.29, 1.82) is 0 Å². The van der Waals surface area contributed by atoms with Crippen molar-refractivity contribution in [3.05, 3.63) is 36.2 Å². The molecule has 19 heavy (non-hydrogen) atoms. The van der Waals surface area contributed by atoms with E-state index < -0.39 is 0 Å². The van der Waals surface area contributed by atoms with Crippen LogP contribution in [0.5, 0.6) is 0 Å². The summed E-state index contributed by atoms with van der Waals surface area (Å²) < 4.78 is 0. The number of carbonyl (C=O) groups is 1. The molecule has 2 N–H and O–H groups in total. The fourth-order valence-electron chi connectivity index (χ4n) is 2.35. The van der Waals surface area contributed by atoms with Crippen LogP contribution in [0.2, 0.25) is 0 Å². The van der Waals surface area contributed by atoms with Crippen molar-refractivity contribution in [3.63, 3.8) is 0 Å². The molecular formula is C14H16N4O. The van der Waals surface area contributed by atoms with E-state index in [1.165, 1.54) is 0 Å². The van der Waals surface area contributed by atoms with Gasteiger partial charge in [0.2, 0.25) is 0 Å². The van der Waals surface area contributed by atoms with Crippen LogP contribution in [0.1, 0.15) is 23.2 Å². The number of nitrogens with one attached hydrogen (secondary N) is 2. The zero-order valence-electron chi connectivity index (χ0n) is 10.6. The van der Waals surface area contributed by atoms with Gasteiger partial charge in [0, 0.05) is 30.5 Å². The lowest BCUT2D eigenvalue weighted by Gasteiger charge is -2.23. The minimum atomic E-state index is -0.0405. The molecule has 1 amide bonds. The monoisotopic (exact) mass is 256 g/mol. The van der Waals surface area contributed by atoms with Crippen LogP contribution in [0.15, 0.2) is 30.6 Å². The highest BCUT2D eigenvalue weighted by Gasteiger charge is 2.16. The van der Waals surface area contributed by atoms with Gasteiger partial charge in [0.25, 0.3) is 5.91 Å². The van der Waals surface area contributed by atoms with Gasteiger partial charge in [-0.2, -0.15) is 0 Å². The number of carbonyl (C=O) groups excluding carboxylic acids is 1. The molecule has 2 aromatic rings. The van der Waals surface area contributed by atoms with Crippen LogP contribution >= 0.6 is 0 Å². The van der Waals surface area contributed by atoms with Crippen molar-refractivity contribution < 1.29 is 4.79 Å². The number of aromatic nitrogens is 2. The molecule has 2 heterocycles. The van der Waals surface area contributed by atoms with Crippen molar-refractivity contribution in [1.82, 2.24) is 20.6 Å². The van der Waals surface area contributed by atoms with Crippen LogP contribution in [0.3, 0.4) is 0 Å². The summed E-state index contributed by atoms with van der Waals surface area (Å²) in [4.78, 5) is 20.6. The second kappa shape index (κ2) is 5.32. The molecule has 1 aromatic heterocycles. The van der Waals surface area contributed by atoms with E-state index in [0.29, 0.717) is 5.56 Å². The van der Waals surface area contributed by atoms with Crippen LogP contribution in [0.4, 0.5) is 0 Å². The number of amides is 1. The highest BCUT2D eigenvalue weighted by atomic mass is 16.1. The van der Waals surface area contributed by atoms with E-state index in [4.69, 9.17) is 0 Å². The number of nitrogens with zero attached hydrogens (tertiary/aromatic N) is 2. The Labute approximate surface area is 111 Å². The van der Waals surface area contributed by atoms with E-state index in [1.807, 2.05) is 6.07 Å². The number of fused-ring (bicyclic) bond motifs is 1. The Morgan fingerprint density at radius 3 is 2.89 bits per heavy atom. The van der Waals surface area contributed by atoms with Crippen molar-refractivity contribution in [2.24, 2.45) is 0 Å². The summed E-state index contributed by atoms with van der Waals surface area (Å²) >= 11 is 0. The van der Waals surface area contributed by atoms with Crippen LogP contribution < -0.4 is 10.6 Å². The standard InChI is InChI=1S/C14H16N4O/c19-14(18-11-2-1-5-15-9-11)10-3-4-12-13(8-10)17-7-6-16-12/h3-4,6-8,11,15H,1-2,5,9H2,(H,18,19)/t11-/m1/s1. The number of hydrogen-bond donors (Lipinski definition) is 2. The van der Waals surface area contributed by atoms with Crippen molar-refractivity contribution >= 4 is 16.9 Å². The largest absolute Gasteiger partial charge is 0.348 e. The van der Waals surface area contributed by atoms with Gasteiger partial charge in [-0.1, -0.05) is 0 Å². The quantitative estimate of drug-likeness (QED) is 0.844. The topological polar surface area (TPSA) is 66.9 Å². The third-order valence-electron chi connectivity index (χ3n) is 3.36. The van der Waals surface area contributed by atoms with Gasteiger partial charge in [0.15, 0.2) is 0 Å². The van der Waals surface area contributed by atoms with Crippen LogP contribution in [0, 0.1) is 0 Å². The van der Waals surface area contributed by atoms with E-state index in [1.54, 1.807) is 24.5 Å². The van der Waals surface area contributed by atoms with Crippen LogP contribution in [-0.4, -0.2) is 35.0 Å². The smallest absolute Gasteiger partial charge is 0.251 e. The first-order valence-corrected chi connectivity index (χ1v) is 6.55. The SMILES string of the molecule is O=C(N[C@@H]1CCCNC1)c1ccc2nccnc2c1. The van der Waals surface area contributed by atoms with Crippen molar-refractivity contribution in [3.8, 4) is 0 Å². The average molecular weight is 256 g/mol. The van der Waals surface area contributed by atoms with Crippen LogP contribution in [-0.2, 0) is 0 Å². The van der Waals surface area contributed by atoms with E-state index in [9.17, 15) is 4.79 Å². The zero-order valence-corrected chi connectivity index (χ0v) is 10.6.